The number of nitrogens with zero attached hydrogens (tertiary/aromatic N) is 2. The summed E-state index contributed by atoms with van der Waals surface area (Å²) < 4.78 is 1.87. The van der Waals surface area contributed by atoms with Gasteiger partial charge in [0.05, 0.1) is 0 Å². The molecule has 0 radical (unpaired) electrons. The van der Waals surface area contributed by atoms with E-state index in [1.807, 2.05) is 30.8 Å². The highest BCUT2D eigenvalue weighted by atomic mass is 16.4. The number of unbranched alkanes of at least 4 members (excludes halogenated alkanes) is 1. The molecular formula is C13H23N3O2. The van der Waals surface area contributed by atoms with E-state index in [0.717, 1.165) is 19.4 Å². The molecule has 1 aromatic heterocycles. The Bertz CT molecular complexity index is 362. The van der Waals surface area contributed by atoms with Gasteiger partial charge in [-0.25, -0.2) is 0 Å². The van der Waals surface area contributed by atoms with E-state index in [9.17, 15) is 9.90 Å². The van der Waals surface area contributed by atoms with Crippen LogP contribution in [0.25, 0.3) is 0 Å². The first kappa shape index (κ1) is 14.7. The molecule has 1 atom stereocenters. The number of rotatable bonds is 8. The fourth-order valence-corrected chi connectivity index (χ4v) is 2.06. The lowest BCUT2D eigenvalue weighted by atomic mass is 9.94. The summed E-state index contributed by atoms with van der Waals surface area (Å²) >= 11 is 0. The van der Waals surface area contributed by atoms with Gasteiger partial charge in [-0.2, -0.15) is 5.10 Å². The van der Waals surface area contributed by atoms with E-state index < -0.39 is 11.5 Å². The number of aliphatic carboxylic acids is 1. The molecule has 0 amide bonds. The second-order valence-corrected chi connectivity index (χ2v) is 5.16. The third kappa shape index (κ3) is 4.49. The van der Waals surface area contributed by atoms with Crippen molar-refractivity contribution in [2.24, 2.45) is 0 Å². The smallest absolute Gasteiger partial charge is 0.323 e. The van der Waals surface area contributed by atoms with E-state index in [1.165, 1.54) is 0 Å². The topological polar surface area (TPSA) is 67.2 Å². The van der Waals surface area contributed by atoms with Crippen LogP contribution in [0.4, 0.5) is 0 Å². The molecule has 0 bridgehead atoms. The first-order valence-corrected chi connectivity index (χ1v) is 6.42. The van der Waals surface area contributed by atoms with Crippen molar-refractivity contribution in [3.63, 3.8) is 0 Å². The van der Waals surface area contributed by atoms with Gasteiger partial charge in [-0.15, -0.1) is 0 Å². The van der Waals surface area contributed by atoms with Gasteiger partial charge in [0.2, 0.25) is 0 Å². The molecule has 18 heavy (non-hydrogen) atoms. The fraction of sp³-hybridized carbons (Fsp3) is 0.692. The highest BCUT2D eigenvalue weighted by Gasteiger charge is 2.32. The number of carbonyl (C=O) groups is 1. The Hall–Kier alpha value is -1.36. The molecule has 102 valence electrons. The normalized spacial score (nSPS) is 14.7. The third-order valence-corrected chi connectivity index (χ3v) is 2.95. The van der Waals surface area contributed by atoms with Crippen LogP contribution in [0.5, 0.6) is 0 Å². The van der Waals surface area contributed by atoms with Crippen molar-refractivity contribution in [1.29, 1.82) is 0 Å². The predicted molar refractivity (Wildman–Crippen MR) is 70.4 cm³/mol. The summed E-state index contributed by atoms with van der Waals surface area (Å²) in [5.74, 6) is -0.782. The van der Waals surface area contributed by atoms with Crippen LogP contribution in [0.1, 0.15) is 40.0 Å². The minimum absolute atomic E-state index is 0.164. The molecule has 5 heteroatoms. The fourth-order valence-electron chi connectivity index (χ4n) is 2.06. The average molecular weight is 253 g/mol. The van der Waals surface area contributed by atoms with E-state index in [2.05, 4.69) is 10.4 Å². The summed E-state index contributed by atoms with van der Waals surface area (Å²) in [5, 5.41) is 16.5. The van der Waals surface area contributed by atoms with E-state index in [-0.39, 0.29) is 6.04 Å². The Morgan fingerprint density at radius 2 is 2.22 bits per heavy atom. The molecule has 1 unspecified atom stereocenters. The SMILES string of the molecule is CC(C)NC(C)(CCCCn1cccn1)C(=O)O. The average Bonchev–Trinajstić information content (AvgIpc) is 2.76. The third-order valence-electron chi connectivity index (χ3n) is 2.95. The molecule has 0 aliphatic carbocycles. The van der Waals surface area contributed by atoms with Gasteiger partial charge >= 0.3 is 5.97 Å². The van der Waals surface area contributed by atoms with Gasteiger partial charge in [0, 0.05) is 25.0 Å². The Morgan fingerprint density at radius 3 is 2.72 bits per heavy atom. The monoisotopic (exact) mass is 253 g/mol. The van der Waals surface area contributed by atoms with Gasteiger partial charge in [0.25, 0.3) is 0 Å². The Balaban J connectivity index is 2.36. The van der Waals surface area contributed by atoms with Gasteiger partial charge in [-0.05, 0) is 46.1 Å². The van der Waals surface area contributed by atoms with Crippen LogP contribution in [-0.4, -0.2) is 32.4 Å². The zero-order valence-corrected chi connectivity index (χ0v) is 11.4. The van der Waals surface area contributed by atoms with Gasteiger partial charge in [-0.1, -0.05) is 0 Å². The van der Waals surface area contributed by atoms with Crippen LogP contribution in [-0.2, 0) is 11.3 Å². The number of aromatic nitrogens is 2. The second-order valence-electron chi connectivity index (χ2n) is 5.16. The number of nitrogens with one attached hydrogen (secondary N) is 1. The largest absolute Gasteiger partial charge is 0.480 e. The van der Waals surface area contributed by atoms with Crippen molar-refractivity contribution in [2.45, 2.75) is 58.2 Å². The molecule has 0 aliphatic rings. The zero-order valence-electron chi connectivity index (χ0n) is 11.4. The lowest BCUT2D eigenvalue weighted by molar-refractivity contribution is -0.144. The van der Waals surface area contributed by atoms with Crippen LogP contribution in [0.2, 0.25) is 0 Å². The van der Waals surface area contributed by atoms with Gasteiger partial charge in [0.15, 0.2) is 0 Å². The van der Waals surface area contributed by atoms with Crippen molar-refractivity contribution in [3.8, 4) is 0 Å². The van der Waals surface area contributed by atoms with Crippen molar-refractivity contribution < 1.29 is 9.90 Å². The number of aryl methyl sites for hydroxylation is 1. The van der Waals surface area contributed by atoms with Crippen molar-refractivity contribution in [2.75, 3.05) is 0 Å². The molecule has 0 aromatic carbocycles. The van der Waals surface area contributed by atoms with Crippen LogP contribution in [0, 0.1) is 0 Å². The molecular weight excluding hydrogens is 230 g/mol. The van der Waals surface area contributed by atoms with E-state index in [4.69, 9.17) is 0 Å². The number of carboxylic acid groups (broad SMARTS) is 1. The summed E-state index contributed by atoms with van der Waals surface area (Å²) in [7, 11) is 0. The molecule has 1 heterocycles. The van der Waals surface area contributed by atoms with Gasteiger partial charge < -0.3 is 5.11 Å². The van der Waals surface area contributed by atoms with Crippen molar-refractivity contribution in [1.82, 2.24) is 15.1 Å². The first-order chi connectivity index (χ1) is 8.44. The highest BCUT2D eigenvalue weighted by molar-refractivity contribution is 5.78. The number of carboxylic acids is 1. The maximum Gasteiger partial charge on any atom is 0.323 e. The van der Waals surface area contributed by atoms with Crippen LogP contribution in [0.3, 0.4) is 0 Å². The lowest BCUT2D eigenvalue weighted by Crippen LogP contribution is -2.52. The first-order valence-electron chi connectivity index (χ1n) is 6.42. The molecule has 0 aliphatic heterocycles. The Kier molecular flexibility index (Phi) is 5.34. The lowest BCUT2D eigenvalue weighted by Gasteiger charge is -2.28. The standard InChI is InChI=1S/C13H23N3O2/c1-11(2)15-13(3,12(17)18)7-4-5-9-16-10-6-8-14-16/h6,8,10-11,15H,4-5,7,9H2,1-3H3,(H,17,18). The van der Waals surface area contributed by atoms with E-state index in [1.54, 1.807) is 13.1 Å². The van der Waals surface area contributed by atoms with Gasteiger partial charge in [0.1, 0.15) is 5.54 Å². The minimum atomic E-state index is -0.835. The maximum atomic E-state index is 11.3. The van der Waals surface area contributed by atoms with Crippen LogP contribution < -0.4 is 5.32 Å². The Labute approximate surface area is 108 Å². The van der Waals surface area contributed by atoms with Crippen LogP contribution in [0.15, 0.2) is 18.5 Å². The van der Waals surface area contributed by atoms with Crippen LogP contribution >= 0.6 is 0 Å². The Morgan fingerprint density at radius 1 is 1.50 bits per heavy atom. The summed E-state index contributed by atoms with van der Waals surface area (Å²) in [5.41, 5.74) is -0.835. The summed E-state index contributed by atoms with van der Waals surface area (Å²) in [4.78, 5) is 11.3. The minimum Gasteiger partial charge on any atom is -0.480 e. The number of hydrogen-bond acceptors (Lipinski definition) is 3. The summed E-state index contributed by atoms with van der Waals surface area (Å²) in [6.07, 6.45) is 6.10. The van der Waals surface area contributed by atoms with Gasteiger partial charge in [-0.3, -0.25) is 14.8 Å². The van der Waals surface area contributed by atoms with E-state index in [0.29, 0.717) is 6.42 Å². The maximum absolute atomic E-state index is 11.3. The molecule has 1 rings (SSSR count). The van der Waals surface area contributed by atoms with Crippen molar-refractivity contribution in [3.05, 3.63) is 18.5 Å². The molecule has 2 N–H and O–H groups in total. The summed E-state index contributed by atoms with van der Waals surface area (Å²) in [6.45, 7) is 6.52. The molecule has 0 fully saturated rings. The predicted octanol–water partition coefficient (Wildman–Crippen LogP) is 1.89. The zero-order chi connectivity index (χ0) is 13.6. The molecule has 5 nitrogen and oxygen atoms in total. The molecule has 0 spiro atoms. The summed E-state index contributed by atoms with van der Waals surface area (Å²) in [6, 6.07) is 2.05. The highest BCUT2D eigenvalue weighted by Crippen LogP contribution is 2.15. The molecule has 1 aromatic rings. The quantitative estimate of drug-likeness (QED) is 0.694. The van der Waals surface area contributed by atoms with E-state index >= 15 is 0 Å². The number of hydrogen-bond donors (Lipinski definition) is 2. The van der Waals surface area contributed by atoms with Crippen molar-refractivity contribution >= 4 is 5.97 Å². The second kappa shape index (κ2) is 6.54. The molecule has 0 saturated heterocycles. The molecule has 0 saturated carbocycles.